The van der Waals surface area contributed by atoms with E-state index in [0.717, 1.165) is 0 Å². The predicted molar refractivity (Wildman–Crippen MR) is 41.2 cm³/mol. The fourth-order valence-corrected chi connectivity index (χ4v) is 0.824. The van der Waals surface area contributed by atoms with Crippen LogP contribution in [0.25, 0.3) is 0 Å². The van der Waals surface area contributed by atoms with E-state index >= 15 is 0 Å². The van der Waals surface area contributed by atoms with E-state index in [1.165, 1.54) is 6.20 Å². The first-order valence-electron chi connectivity index (χ1n) is 3.87. The molecule has 0 saturated carbocycles. The van der Waals surface area contributed by atoms with Gasteiger partial charge in [0.15, 0.2) is 0 Å². The third-order valence-electron chi connectivity index (χ3n) is 1.55. The minimum Gasteiger partial charge on any atom is -0.305 e. The molecule has 0 bridgehead atoms. The number of aromatic amines is 1. The molecule has 0 fully saturated rings. The topological polar surface area (TPSA) is 40.7 Å². The maximum atomic E-state index is 12.3. The number of H-pyrrole nitrogens is 1. The Morgan fingerprint density at radius 2 is 2.21 bits per heavy atom. The zero-order valence-electron chi connectivity index (χ0n) is 7.11. The molecule has 14 heavy (non-hydrogen) atoms. The molecule has 1 aromatic rings. The van der Waals surface area contributed by atoms with Gasteiger partial charge in [-0.05, 0) is 6.07 Å². The highest BCUT2D eigenvalue weighted by atomic mass is 19.3. The number of halogens is 4. The van der Waals surface area contributed by atoms with Crippen molar-refractivity contribution in [2.45, 2.75) is 18.9 Å². The second-order valence-electron chi connectivity index (χ2n) is 2.75. The summed E-state index contributed by atoms with van der Waals surface area (Å²) in [6.45, 7) is -0.994. The molecule has 0 atom stereocenters. The van der Waals surface area contributed by atoms with Crippen LogP contribution in [0.5, 0.6) is 0 Å². The van der Waals surface area contributed by atoms with Crippen LogP contribution in [0.1, 0.15) is 5.69 Å². The zero-order chi connectivity index (χ0) is 10.6. The van der Waals surface area contributed by atoms with Gasteiger partial charge in [0.2, 0.25) is 0 Å². The van der Waals surface area contributed by atoms with E-state index in [1.54, 1.807) is 6.07 Å². The lowest BCUT2D eigenvalue weighted by atomic mass is 10.3. The summed E-state index contributed by atoms with van der Waals surface area (Å²) in [5.41, 5.74) is 0.565. The van der Waals surface area contributed by atoms with Crippen molar-refractivity contribution in [2.75, 3.05) is 6.54 Å². The van der Waals surface area contributed by atoms with Crippen LogP contribution in [0, 0.1) is 0 Å². The van der Waals surface area contributed by atoms with E-state index in [1.807, 2.05) is 0 Å². The Bertz CT molecular complexity index is 260. The third-order valence-corrected chi connectivity index (χ3v) is 1.55. The van der Waals surface area contributed by atoms with Crippen molar-refractivity contribution < 1.29 is 17.6 Å². The smallest absolute Gasteiger partial charge is 0.305 e. The molecule has 0 aliphatic rings. The number of nitrogens with one attached hydrogen (secondary N) is 2. The molecule has 0 unspecified atom stereocenters. The standard InChI is InChI=1S/C7H9F4N3/c8-6(9)7(10,11)4-12-3-5-1-2-13-14-5/h1-2,6,12H,3-4H2,(H,13,14). The molecule has 0 radical (unpaired) electrons. The number of rotatable bonds is 5. The first-order chi connectivity index (χ1) is 6.52. The van der Waals surface area contributed by atoms with E-state index in [0.29, 0.717) is 5.69 Å². The molecule has 1 aromatic heterocycles. The van der Waals surface area contributed by atoms with Crippen LogP contribution in [0.3, 0.4) is 0 Å². The van der Waals surface area contributed by atoms with Crippen molar-refractivity contribution in [3.8, 4) is 0 Å². The Morgan fingerprint density at radius 3 is 2.71 bits per heavy atom. The summed E-state index contributed by atoms with van der Waals surface area (Å²) < 4.78 is 48.0. The van der Waals surface area contributed by atoms with E-state index in [9.17, 15) is 17.6 Å². The fraction of sp³-hybridized carbons (Fsp3) is 0.571. The summed E-state index contributed by atoms with van der Waals surface area (Å²) in [6.07, 6.45) is -2.20. The number of hydrogen-bond donors (Lipinski definition) is 2. The van der Waals surface area contributed by atoms with Crippen LogP contribution < -0.4 is 5.32 Å². The molecular weight excluding hydrogens is 202 g/mol. The summed E-state index contributed by atoms with van der Waals surface area (Å²) in [5, 5.41) is 8.29. The first-order valence-corrected chi connectivity index (χ1v) is 3.87. The van der Waals surface area contributed by atoms with Gasteiger partial charge < -0.3 is 5.32 Å². The Labute approximate surface area is 77.5 Å². The maximum Gasteiger partial charge on any atom is 0.319 e. The lowest BCUT2D eigenvalue weighted by Crippen LogP contribution is -2.38. The highest BCUT2D eigenvalue weighted by molar-refractivity contribution is 4.96. The molecule has 7 heteroatoms. The molecule has 80 valence electrons. The molecule has 1 rings (SSSR count). The minimum absolute atomic E-state index is 0.0578. The van der Waals surface area contributed by atoms with Crippen molar-refractivity contribution in [1.82, 2.24) is 15.5 Å². The zero-order valence-corrected chi connectivity index (χ0v) is 7.11. The van der Waals surface area contributed by atoms with Gasteiger partial charge in [-0.3, -0.25) is 5.10 Å². The molecule has 0 saturated heterocycles. The fourth-order valence-electron chi connectivity index (χ4n) is 0.824. The molecule has 2 N–H and O–H groups in total. The molecule has 0 aliphatic heterocycles. The van der Waals surface area contributed by atoms with Gasteiger partial charge in [-0.2, -0.15) is 13.9 Å². The monoisotopic (exact) mass is 211 g/mol. The highest BCUT2D eigenvalue weighted by Crippen LogP contribution is 2.21. The Kier molecular flexibility index (Phi) is 3.45. The number of hydrogen-bond acceptors (Lipinski definition) is 2. The molecule has 0 aliphatic carbocycles. The van der Waals surface area contributed by atoms with Crippen LogP contribution >= 0.6 is 0 Å². The van der Waals surface area contributed by atoms with Crippen LogP contribution in [-0.2, 0) is 6.54 Å². The Balaban J connectivity index is 2.28. The normalized spacial score (nSPS) is 12.4. The van der Waals surface area contributed by atoms with Crippen molar-refractivity contribution in [3.63, 3.8) is 0 Å². The van der Waals surface area contributed by atoms with Crippen molar-refractivity contribution in [1.29, 1.82) is 0 Å². The minimum atomic E-state index is -3.99. The number of alkyl halides is 4. The van der Waals surface area contributed by atoms with Crippen LogP contribution in [0.15, 0.2) is 12.3 Å². The van der Waals surface area contributed by atoms with Gasteiger partial charge in [-0.25, -0.2) is 8.78 Å². The van der Waals surface area contributed by atoms with E-state index in [4.69, 9.17) is 0 Å². The van der Waals surface area contributed by atoms with Gasteiger partial charge in [-0.15, -0.1) is 0 Å². The maximum absolute atomic E-state index is 12.3. The average molecular weight is 211 g/mol. The third kappa shape index (κ3) is 2.99. The Morgan fingerprint density at radius 1 is 1.50 bits per heavy atom. The van der Waals surface area contributed by atoms with E-state index < -0.39 is 18.9 Å². The largest absolute Gasteiger partial charge is 0.319 e. The highest BCUT2D eigenvalue weighted by Gasteiger charge is 2.39. The van der Waals surface area contributed by atoms with Crippen molar-refractivity contribution in [3.05, 3.63) is 18.0 Å². The van der Waals surface area contributed by atoms with Gasteiger partial charge >= 0.3 is 12.3 Å². The molecule has 0 amide bonds. The van der Waals surface area contributed by atoms with E-state index in [-0.39, 0.29) is 6.54 Å². The second-order valence-corrected chi connectivity index (χ2v) is 2.75. The summed E-state index contributed by atoms with van der Waals surface area (Å²) in [5.74, 6) is -3.99. The average Bonchev–Trinajstić information content (AvgIpc) is 2.56. The lowest BCUT2D eigenvalue weighted by Gasteiger charge is -2.15. The van der Waals surface area contributed by atoms with E-state index in [2.05, 4.69) is 15.5 Å². The van der Waals surface area contributed by atoms with Crippen LogP contribution in [0.4, 0.5) is 17.6 Å². The lowest BCUT2D eigenvalue weighted by molar-refractivity contribution is -0.125. The molecule has 1 heterocycles. The summed E-state index contributed by atoms with van der Waals surface area (Å²) in [7, 11) is 0. The van der Waals surface area contributed by atoms with Gasteiger partial charge in [0, 0.05) is 18.4 Å². The van der Waals surface area contributed by atoms with Crippen molar-refractivity contribution >= 4 is 0 Å². The molecule has 0 spiro atoms. The summed E-state index contributed by atoms with van der Waals surface area (Å²) in [4.78, 5) is 0. The Hall–Kier alpha value is -1.11. The quantitative estimate of drug-likeness (QED) is 0.723. The van der Waals surface area contributed by atoms with Gasteiger partial charge in [0.05, 0.1) is 6.54 Å². The van der Waals surface area contributed by atoms with Gasteiger partial charge in [0.1, 0.15) is 0 Å². The second kappa shape index (κ2) is 4.41. The first kappa shape index (κ1) is 11.0. The van der Waals surface area contributed by atoms with Crippen molar-refractivity contribution in [2.24, 2.45) is 0 Å². The number of aromatic nitrogens is 2. The molecule has 0 aromatic carbocycles. The number of nitrogens with zero attached hydrogens (tertiary/aromatic N) is 1. The summed E-state index contributed by atoms with van der Waals surface area (Å²) in [6, 6.07) is 1.56. The SMILES string of the molecule is FC(F)C(F)(F)CNCc1ccn[nH]1. The predicted octanol–water partition coefficient (Wildman–Crippen LogP) is 1.40. The summed E-state index contributed by atoms with van der Waals surface area (Å²) >= 11 is 0. The van der Waals surface area contributed by atoms with Crippen LogP contribution in [-0.4, -0.2) is 29.1 Å². The van der Waals surface area contributed by atoms with Gasteiger partial charge in [0.25, 0.3) is 0 Å². The van der Waals surface area contributed by atoms with Gasteiger partial charge in [-0.1, -0.05) is 0 Å². The molecular formula is C7H9F4N3. The van der Waals surface area contributed by atoms with Crippen LogP contribution in [0.2, 0.25) is 0 Å². The molecule has 3 nitrogen and oxygen atoms in total.